The van der Waals surface area contributed by atoms with Gasteiger partial charge in [0, 0.05) is 32.4 Å². The van der Waals surface area contributed by atoms with Crippen LogP contribution in [0.4, 0.5) is 23.4 Å². The molecule has 0 saturated carbocycles. The fraction of sp³-hybridized carbons (Fsp3) is 0.348. The molecule has 0 bridgehead atoms. The standard InChI is InChI=1S/C23H22F4N4O3/c1-29-7-2-8-30(10-9-29)21-18(24)11-16-19(32)17(22(33)34)13-31(20(16)28-21)12-14-3-5-15(6-4-14)23(25,26)27/h3-6,11,13H,2,7-10,12H2,1H3,(H,33,34). The van der Waals surface area contributed by atoms with Crippen molar-refractivity contribution in [1.29, 1.82) is 0 Å². The Labute approximate surface area is 191 Å². The number of carbonyl (C=O) groups is 1. The van der Waals surface area contributed by atoms with Gasteiger partial charge in [-0.1, -0.05) is 12.1 Å². The number of fused-ring (bicyclic) bond motifs is 1. The van der Waals surface area contributed by atoms with E-state index in [1.807, 2.05) is 7.05 Å². The lowest BCUT2D eigenvalue weighted by Gasteiger charge is -2.23. The van der Waals surface area contributed by atoms with Crippen LogP contribution < -0.4 is 10.3 Å². The fourth-order valence-corrected chi connectivity index (χ4v) is 4.03. The molecule has 180 valence electrons. The van der Waals surface area contributed by atoms with Crippen LogP contribution in [0.15, 0.2) is 41.3 Å². The number of alkyl halides is 3. The molecule has 1 aliphatic rings. The van der Waals surface area contributed by atoms with Gasteiger partial charge in [0.05, 0.1) is 10.9 Å². The summed E-state index contributed by atoms with van der Waals surface area (Å²) >= 11 is 0. The number of hydrogen-bond donors (Lipinski definition) is 1. The van der Waals surface area contributed by atoms with Crippen molar-refractivity contribution in [2.45, 2.75) is 19.1 Å². The molecule has 2 aromatic heterocycles. The second kappa shape index (κ2) is 9.05. The Kier molecular flexibility index (Phi) is 6.30. The van der Waals surface area contributed by atoms with Gasteiger partial charge in [-0.15, -0.1) is 0 Å². The zero-order valence-electron chi connectivity index (χ0n) is 18.3. The molecule has 0 unspecified atom stereocenters. The molecular formula is C23H22F4N4O3. The summed E-state index contributed by atoms with van der Waals surface area (Å²) in [4.78, 5) is 32.6. The van der Waals surface area contributed by atoms with E-state index >= 15 is 4.39 Å². The van der Waals surface area contributed by atoms with Crippen molar-refractivity contribution in [3.05, 3.63) is 69.3 Å². The number of nitrogens with zero attached hydrogens (tertiary/aromatic N) is 4. The van der Waals surface area contributed by atoms with Gasteiger partial charge < -0.3 is 19.5 Å². The van der Waals surface area contributed by atoms with Crippen molar-refractivity contribution in [2.24, 2.45) is 0 Å². The minimum absolute atomic E-state index is 0.0476. The van der Waals surface area contributed by atoms with Gasteiger partial charge in [0.25, 0.3) is 0 Å². The van der Waals surface area contributed by atoms with Crippen molar-refractivity contribution < 1.29 is 27.5 Å². The van der Waals surface area contributed by atoms with Crippen LogP contribution in [-0.2, 0) is 12.7 Å². The molecule has 1 saturated heterocycles. The predicted octanol–water partition coefficient (Wildman–Crippen LogP) is 3.44. The van der Waals surface area contributed by atoms with Crippen LogP contribution in [-0.4, -0.2) is 58.8 Å². The second-order valence-electron chi connectivity index (χ2n) is 8.31. The average Bonchev–Trinajstić information content (AvgIpc) is 2.99. The lowest BCUT2D eigenvalue weighted by molar-refractivity contribution is -0.137. The van der Waals surface area contributed by atoms with Crippen molar-refractivity contribution in [3.8, 4) is 0 Å². The maximum Gasteiger partial charge on any atom is 0.416 e. The summed E-state index contributed by atoms with van der Waals surface area (Å²) in [5, 5.41) is 9.25. The largest absolute Gasteiger partial charge is 0.477 e. The van der Waals surface area contributed by atoms with Crippen LogP contribution >= 0.6 is 0 Å². The highest BCUT2D eigenvalue weighted by Crippen LogP contribution is 2.29. The van der Waals surface area contributed by atoms with Gasteiger partial charge in [-0.25, -0.2) is 14.2 Å². The molecule has 7 nitrogen and oxygen atoms in total. The van der Waals surface area contributed by atoms with Crippen LogP contribution in [0.5, 0.6) is 0 Å². The summed E-state index contributed by atoms with van der Waals surface area (Å²) in [5.41, 5.74) is -1.78. The maximum absolute atomic E-state index is 15.0. The first-order valence-corrected chi connectivity index (χ1v) is 10.6. The van der Waals surface area contributed by atoms with E-state index in [1.165, 1.54) is 16.7 Å². The van der Waals surface area contributed by atoms with Crippen molar-refractivity contribution in [2.75, 3.05) is 38.1 Å². The minimum atomic E-state index is -4.49. The number of pyridine rings is 2. The number of anilines is 1. The number of rotatable bonds is 4. The van der Waals surface area contributed by atoms with Crippen LogP contribution in [0.2, 0.25) is 0 Å². The summed E-state index contributed by atoms with van der Waals surface area (Å²) in [6.07, 6.45) is -2.62. The zero-order valence-corrected chi connectivity index (χ0v) is 18.3. The van der Waals surface area contributed by atoms with E-state index in [1.54, 1.807) is 4.90 Å². The highest BCUT2D eigenvalue weighted by atomic mass is 19.4. The van der Waals surface area contributed by atoms with E-state index in [4.69, 9.17) is 0 Å². The van der Waals surface area contributed by atoms with Crippen molar-refractivity contribution in [3.63, 3.8) is 0 Å². The molecule has 11 heteroatoms. The summed E-state index contributed by atoms with van der Waals surface area (Å²) in [6, 6.07) is 5.36. The van der Waals surface area contributed by atoms with Crippen LogP contribution in [0, 0.1) is 5.82 Å². The highest BCUT2D eigenvalue weighted by Gasteiger charge is 2.30. The molecule has 4 rings (SSSR count). The van der Waals surface area contributed by atoms with Crippen molar-refractivity contribution in [1.82, 2.24) is 14.5 Å². The molecule has 3 heterocycles. The Morgan fingerprint density at radius 3 is 2.47 bits per heavy atom. The third kappa shape index (κ3) is 4.74. The Bertz CT molecular complexity index is 1290. The summed E-state index contributed by atoms with van der Waals surface area (Å²) < 4.78 is 55.1. The van der Waals surface area contributed by atoms with Gasteiger partial charge in [-0.05, 0) is 43.8 Å². The molecule has 0 spiro atoms. The van der Waals surface area contributed by atoms with E-state index in [0.29, 0.717) is 25.2 Å². The van der Waals surface area contributed by atoms with Gasteiger partial charge in [0.1, 0.15) is 11.2 Å². The molecule has 3 aromatic rings. The van der Waals surface area contributed by atoms with E-state index in [-0.39, 0.29) is 23.4 Å². The molecule has 1 aliphatic heterocycles. The molecule has 1 aromatic carbocycles. The molecule has 1 fully saturated rings. The van der Waals surface area contributed by atoms with Gasteiger partial charge in [0.15, 0.2) is 11.6 Å². The minimum Gasteiger partial charge on any atom is -0.477 e. The SMILES string of the molecule is CN1CCCN(c2nc3c(cc2F)c(=O)c(C(=O)O)cn3Cc2ccc(C(F)(F)F)cc2)CC1. The zero-order chi connectivity index (χ0) is 24.6. The number of carboxylic acid groups (broad SMARTS) is 1. The van der Waals surface area contributed by atoms with Gasteiger partial charge in [-0.3, -0.25) is 4.79 Å². The van der Waals surface area contributed by atoms with Gasteiger partial charge in [0.2, 0.25) is 5.43 Å². The Morgan fingerprint density at radius 2 is 1.82 bits per heavy atom. The van der Waals surface area contributed by atoms with Crippen LogP contribution in [0.1, 0.15) is 27.9 Å². The summed E-state index contributed by atoms with van der Waals surface area (Å²) in [6.45, 7) is 2.54. The molecule has 1 N–H and O–H groups in total. The third-order valence-corrected chi connectivity index (χ3v) is 5.87. The quantitative estimate of drug-likeness (QED) is 0.579. The predicted molar refractivity (Wildman–Crippen MR) is 118 cm³/mol. The lowest BCUT2D eigenvalue weighted by atomic mass is 10.1. The molecule has 34 heavy (non-hydrogen) atoms. The highest BCUT2D eigenvalue weighted by molar-refractivity contribution is 5.92. The average molecular weight is 478 g/mol. The first-order chi connectivity index (χ1) is 16.0. The topological polar surface area (TPSA) is 78.7 Å². The van der Waals surface area contributed by atoms with E-state index in [9.17, 15) is 27.9 Å². The summed E-state index contributed by atoms with van der Waals surface area (Å²) in [5.74, 6) is -2.18. The maximum atomic E-state index is 15.0. The molecule has 0 atom stereocenters. The monoisotopic (exact) mass is 478 g/mol. The first-order valence-electron chi connectivity index (χ1n) is 10.6. The lowest BCUT2D eigenvalue weighted by Crippen LogP contribution is -2.30. The molecule has 0 amide bonds. The second-order valence-corrected chi connectivity index (χ2v) is 8.31. The molecule has 0 radical (unpaired) electrons. The number of halogens is 4. The number of benzene rings is 1. The third-order valence-electron chi connectivity index (χ3n) is 5.87. The Hall–Kier alpha value is -3.47. The number of carboxylic acids is 1. The Balaban J connectivity index is 1.82. The normalized spacial score (nSPS) is 15.5. The fourth-order valence-electron chi connectivity index (χ4n) is 4.03. The number of hydrogen-bond acceptors (Lipinski definition) is 5. The first kappa shape index (κ1) is 23.7. The summed E-state index contributed by atoms with van der Waals surface area (Å²) in [7, 11) is 1.96. The number of aromatic nitrogens is 2. The smallest absolute Gasteiger partial charge is 0.416 e. The molecule has 0 aliphatic carbocycles. The van der Waals surface area contributed by atoms with Gasteiger partial charge >= 0.3 is 12.1 Å². The van der Waals surface area contributed by atoms with E-state index in [2.05, 4.69) is 9.88 Å². The number of likely N-dealkylation sites (N-methyl/N-ethyl adjacent to an activating group) is 1. The van der Waals surface area contributed by atoms with Crippen LogP contribution in [0.25, 0.3) is 11.0 Å². The van der Waals surface area contributed by atoms with E-state index in [0.717, 1.165) is 37.4 Å². The van der Waals surface area contributed by atoms with Crippen molar-refractivity contribution >= 4 is 22.8 Å². The Morgan fingerprint density at radius 1 is 1.12 bits per heavy atom. The molecular weight excluding hydrogens is 456 g/mol. The van der Waals surface area contributed by atoms with Gasteiger partial charge in [-0.2, -0.15) is 13.2 Å². The van der Waals surface area contributed by atoms with Crippen LogP contribution in [0.3, 0.4) is 0 Å². The number of aromatic carboxylic acids is 1. The van der Waals surface area contributed by atoms with E-state index < -0.39 is 34.5 Å².